The Kier molecular flexibility index (Phi) is 4.57. The molecule has 2 aliphatic carbocycles. The van der Waals surface area contributed by atoms with E-state index >= 15 is 0 Å². The quantitative estimate of drug-likeness (QED) is 0.670. The van der Waals surface area contributed by atoms with E-state index in [1.807, 2.05) is 0 Å². The van der Waals surface area contributed by atoms with Gasteiger partial charge in [0.05, 0.1) is 24.7 Å². The first-order chi connectivity index (χ1) is 8.29. The van der Waals surface area contributed by atoms with Crippen molar-refractivity contribution in [2.24, 2.45) is 5.41 Å². The maximum Gasteiger partial charge on any atom is 0.144 e. The second-order valence-corrected chi connectivity index (χ2v) is 5.32. The maximum absolute atomic E-state index is 11.8. The molecule has 0 aromatic carbocycles. The summed E-state index contributed by atoms with van der Waals surface area (Å²) in [5.74, 6) is 0.441. The van der Waals surface area contributed by atoms with E-state index in [2.05, 4.69) is 6.92 Å². The molecule has 2 saturated carbocycles. The Balaban J connectivity index is 1.72. The number of carbonyl (C=O) groups is 1. The number of hydrogen-bond acceptors (Lipinski definition) is 3. The fourth-order valence-electron chi connectivity index (χ4n) is 3.11. The molecule has 0 radical (unpaired) electrons. The minimum atomic E-state index is -0.0942. The average molecular weight is 240 g/mol. The number of ether oxygens (including phenoxy) is 2. The van der Waals surface area contributed by atoms with Crippen LogP contribution >= 0.6 is 0 Å². The summed E-state index contributed by atoms with van der Waals surface area (Å²) in [7, 11) is 0. The summed E-state index contributed by atoms with van der Waals surface area (Å²) in [5.41, 5.74) is -0.0942. The minimum absolute atomic E-state index is 0.0942. The first-order valence-electron chi connectivity index (χ1n) is 7.02. The van der Waals surface area contributed by atoms with E-state index in [4.69, 9.17) is 9.47 Å². The fourth-order valence-corrected chi connectivity index (χ4v) is 3.11. The van der Waals surface area contributed by atoms with E-state index in [1.165, 1.54) is 19.3 Å². The van der Waals surface area contributed by atoms with Gasteiger partial charge in [-0.05, 0) is 19.3 Å². The van der Waals surface area contributed by atoms with Crippen molar-refractivity contribution in [1.29, 1.82) is 0 Å². The van der Waals surface area contributed by atoms with Gasteiger partial charge in [-0.2, -0.15) is 0 Å². The predicted octanol–water partition coefficient (Wildman–Crippen LogP) is 2.72. The van der Waals surface area contributed by atoms with Gasteiger partial charge in [0.25, 0.3) is 0 Å². The van der Waals surface area contributed by atoms with Gasteiger partial charge in [0, 0.05) is 13.0 Å². The van der Waals surface area contributed by atoms with Crippen molar-refractivity contribution < 1.29 is 14.3 Å². The number of Topliss-reactive ketones (excluding diaryl/α,β-unsaturated/α-hetero) is 1. The number of carbonyl (C=O) groups excluding carboxylic acids is 1. The van der Waals surface area contributed by atoms with Crippen molar-refractivity contribution in [2.75, 3.05) is 19.8 Å². The van der Waals surface area contributed by atoms with Crippen molar-refractivity contribution in [2.45, 2.75) is 58.0 Å². The maximum atomic E-state index is 11.8. The first-order valence-corrected chi connectivity index (χ1v) is 7.02. The zero-order valence-corrected chi connectivity index (χ0v) is 10.9. The Hall–Kier alpha value is -0.410. The van der Waals surface area contributed by atoms with Gasteiger partial charge in [-0.25, -0.2) is 0 Å². The molecule has 3 heteroatoms. The highest BCUT2D eigenvalue weighted by Crippen LogP contribution is 2.50. The number of rotatable bonds is 6. The highest BCUT2D eigenvalue weighted by atomic mass is 16.5. The lowest BCUT2D eigenvalue weighted by Crippen LogP contribution is -2.56. The molecule has 2 aliphatic rings. The van der Waals surface area contributed by atoms with Crippen molar-refractivity contribution in [1.82, 2.24) is 0 Å². The molecular formula is C14H24O3. The molecule has 0 bridgehead atoms. The van der Waals surface area contributed by atoms with Gasteiger partial charge < -0.3 is 9.47 Å². The summed E-state index contributed by atoms with van der Waals surface area (Å²) in [6.07, 6.45) is 7.62. The van der Waals surface area contributed by atoms with Crippen molar-refractivity contribution in [3.8, 4) is 0 Å². The zero-order valence-electron chi connectivity index (χ0n) is 10.9. The molecular weight excluding hydrogens is 216 g/mol. The molecule has 2 fully saturated rings. The molecule has 0 aliphatic heterocycles. The van der Waals surface area contributed by atoms with Crippen molar-refractivity contribution in [3.63, 3.8) is 0 Å². The Morgan fingerprint density at radius 3 is 2.59 bits per heavy atom. The minimum Gasteiger partial charge on any atom is -0.379 e. The average Bonchev–Trinajstić information content (AvgIpc) is 2.38. The Morgan fingerprint density at radius 2 is 1.94 bits per heavy atom. The molecule has 1 atom stereocenters. The van der Waals surface area contributed by atoms with Gasteiger partial charge in [0.1, 0.15) is 5.78 Å². The zero-order chi connectivity index (χ0) is 12.1. The third-order valence-corrected chi connectivity index (χ3v) is 4.18. The van der Waals surface area contributed by atoms with E-state index in [1.54, 1.807) is 0 Å². The Labute approximate surface area is 104 Å². The van der Waals surface area contributed by atoms with Crippen LogP contribution in [0.4, 0.5) is 0 Å². The molecule has 17 heavy (non-hydrogen) atoms. The molecule has 0 aromatic rings. The van der Waals surface area contributed by atoms with Gasteiger partial charge >= 0.3 is 0 Å². The largest absolute Gasteiger partial charge is 0.379 e. The molecule has 0 heterocycles. The normalized spacial score (nSPS) is 27.1. The van der Waals surface area contributed by atoms with Crippen LogP contribution in [-0.2, 0) is 14.3 Å². The van der Waals surface area contributed by atoms with E-state index in [0.29, 0.717) is 25.4 Å². The van der Waals surface area contributed by atoms with Crippen LogP contribution in [0.15, 0.2) is 0 Å². The molecule has 2 rings (SSSR count). The number of ketones is 1. The van der Waals surface area contributed by atoms with E-state index in [0.717, 1.165) is 25.9 Å². The van der Waals surface area contributed by atoms with E-state index < -0.39 is 0 Å². The standard InChI is InChI=1S/C14H24O3/c1-2-8-16-9-10-17-13-11-12(15)14(13)6-4-3-5-7-14/h13H,2-11H2,1H3. The predicted molar refractivity (Wildman–Crippen MR) is 66.0 cm³/mol. The summed E-state index contributed by atoms with van der Waals surface area (Å²) in [4.78, 5) is 11.8. The lowest BCUT2D eigenvalue weighted by molar-refractivity contribution is -0.171. The van der Waals surface area contributed by atoms with Crippen molar-refractivity contribution in [3.05, 3.63) is 0 Å². The van der Waals surface area contributed by atoms with Crippen LogP contribution in [0.25, 0.3) is 0 Å². The second kappa shape index (κ2) is 5.96. The highest BCUT2D eigenvalue weighted by Gasteiger charge is 2.55. The van der Waals surface area contributed by atoms with E-state index in [9.17, 15) is 4.79 Å². The monoisotopic (exact) mass is 240 g/mol. The van der Waals surface area contributed by atoms with E-state index in [-0.39, 0.29) is 11.5 Å². The molecule has 3 nitrogen and oxygen atoms in total. The lowest BCUT2D eigenvalue weighted by atomic mass is 9.57. The van der Waals surface area contributed by atoms with Gasteiger partial charge in [-0.15, -0.1) is 0 Å². The SMILES string of the molecule is CCCOCCOC1CC(=O)C12CCCCC2. The van der Waals surface area contributed by atoms with Crippen molar-refractivity contribution >= 4 is 5.78 Å². The van der Waals surface area contributed by atoms with Gasteiger partial charge in [-0.1, -0.05) is 26.2 Å². The van der Waals surface area contributed by atoms with Crippen LogP contribution in [0, 0.1) is 5.41 Å². The van der Waals surface area contributed by atoms with Crippen LogP contribution in [0.5, 0.6) is 0 Å². The van der Waals surface area contributed by atoms with Crippen LogP contribution in [0.1, 0.15) is 51.9 Å². The Bertz CT molecular complexity index is 256. The molecule has 0 saturated heterocycles. The third kappa shape index (κ3) is 2.71. The Morgan fingerprint density at radius 1 is 1.18 bits per heavy atom. The summed E-state index contributed by atoms with van der Waals surface area (Å²) in [6.45, 7) is 4.20. The highest BCUT2D eigenvalue weighted by molar-refractivity contribution is 5.92. The summed E-state index contributed by atoms with van der Waals surface area (Å²) in [6, 6.07) is 0. The number of hydrogen-bond donors (Lipinski definition) is 0. The topological polar surface area (TPSA) is 35.5 Å². The molecule has 1 spiro atoms. The molecule has 0 N–H and O–H groups in total. The summed E-state index contributed by atoms with van der Waals surface area (Å²) < 4.78 is 11.2. The van der Waals surface area contributed by atoms with Crippen LogP contribution < -0.4 is 0 Å². The molecule has 98 valence electrons. The smallest absolute Gasteiger partial charge is 0.144 e. The van der Waals surface area contributed by atoms with Crippen LogP contribution in [0.2, 0.25) is 0 Å². The molecule has 0 amide bonds. The van der Waals surface area contributed by atoms with Gasteiger partial charge in [0.15, 0.2) is 0 Å². The first kappa shape index (κ1) is 13.0. The lowest BCUT2D eigenvalue weighted by Gasteiger charge is -2.49. The summed E-state index contributed by atoms with van der Waals surface area (Å²) >= 11 is 0. The molecule has 0 aromatic heterocycles. The van der Waals surface area contributed by atoms with Crippen LogP contribution in [-0.4, -0.2) is 31.7 Å². The van der Waals surface area contributed by atoms with Gasteiger partial charge in [-0.3, -0.25) is 4.79 Å². The van der Waals surface area contributed by atoms with Gasteiger partial charge in [0.2, 0.25) is 0 Å². The third-order valence-electron chi connectivity index (χ3n) is 4.18. The fraction of sp³-hybridized carbons (Fsp3) is 0.929. The van der Waals surface area contributed by atoms with Crippen LogP contribution in [0.3, 0.4) is 0 Å². The molecule has 1 unspecified atom stereocenters. The second-order valence-electron chi connectivity index (χ2n) is 5.32. The summed E-state index contributed by atoms with van der Waals surface area (Å²) in [5, 5.41) is 0.